The summed E-state index contributed by atoms with van der Waals surface area (Å²) in [5.74, 6) is 2.56. The molecule has 1 N–H and O–H groups in total. The van der Waals surface area contributed by atoms with Gasteiger partial charge in [-0.1, -0.05) is 30.3 Å². The predicted molar refractivity (Wildman–Crippen MR) is 73.7 cm³/mol. The molecule has 0 bridgehead atoms. The lowest BCUT2D eigenvalue weighted by molar-refractivity contribution is -0.131. The second kappa shape index (κ2) is 4.34. The maximum absolute atomic E-state index is 12.5. The molecular weight excluding hydrogens is 236 g/mol. The Morgan fingerprint density at radius 1 is 1.11 bits per heavy atom. The third-order valence-corrected chi connectivity index (χ3v) is 5.04. The molecule has 0 spiro atoms. The number of carbonyl (C=O) groups excluding carboxylic acids is 1. The van der Waals surface area contributed by atoms with Gasteiger partial charge in [-0.25, -0.2) is 0 Å². The van der Waals surface area contributed by atoms with Gasteiger partial charge in [-0.05, 0) is 29.7 Å². The van der Waals surface area contributed by atoms with Crippen LogP contribution in [0.1, 0.15) is 17.9 Å². The number of nitrogens with zero attached hydrogens (tertiary/aromatic N) is 1. The van der Waals surface area contributed by atoms with E-state index in [1.807, 2.05) is 6.07 Å². The molecule has 2 saturated heterocycles. The van der Waals surface area contributed by atoms with E-state index in [1.165, 1.54) is 5.56 Å². The molecule has 1 saturated carbocycles. The predicted octanol–water partition coefficient (Wildman–Crippen LogP) is 1.47. The van der Waals surface area contributed by atoms with E-state index in [1.54, 1.807) is 0 Å². The van der Waals surface area contributed by atoms with Crippen molar-refractivity contribution in [1.29, 1.82) is 0 Å². The van der Waals surface area contributed by atoms with Gasteiger partial charge in [0.05, 0.1) is 0 Å². The van der Waals surface area contributed by atoms with E-state index in [-0.39, 0.29) is 5.92 Å². The lowest BCUT2D eigenvalue weighted by Gasteiger charge is -2.17. The standard InChI is InChI=1S/C16H20N2O/c19-16(18-9-12-7-17-8-13(12)10-18)15-6-14(15)11-4-2-1-3-5-11/h1-5,12-15,17H,6-10H2. The summed E-state index contributed by atoms with van der Waals surface area (Å²) < 4.78 is 0. The maximum atomic E-state index is 12.5. The van der Waals surface area contributed by atoms with E-state index >= 15 is 0 Å². The highest BCUT2D eigenvalue weighted by molar-refractivity contribution is 5.83. The van der Waals surface area contributed by atoms with E-state index in [0.717, 1.165) is 32.6 Å². The Hall–Kier alpha value is -1.35. The van der Waals surface area contributed by atoms with E-state index in [9.17, 15) is 4.79 Å². The SMILES string of the molecule is O=C(C1CC1c1ccccc1)N1CC2CNCC2C1. The first-order valence-electron chi connectivity index (χ1n) is 7.37. The van der Waals surface area contributed by atoms with Crippen LogP contribution >= 0.6 is 0 Å². The first kappa shape index (κ1) is 11.5. The van der Waals surface area contributed by atoms with Crippen LogP contribution in [0.3, 0.4) is 0 Å². The third-order valence-electron chi connectivity index (χ3n) is 5.04. The van der Waals surface area contributed by atoms with Crippen molar-refractivity contribution >= 4 is 5.91 Å². The molecule has 1 aromatic rings. The zero-order chi connectivity index (χ0) is 12.8. The molecule has 100 valence electrons. The summed E-state index contributed by atoms with van der Waals surface area (Å²) in [6, 6.07) is 10.5. The van der Waals surface area contributed by atoms with Gasteiger partial charge < -0.3 is 10.2 Å². The number of nitrogens with one attached hydrogen (secondary N) is 1. The van der Waals surface area contributed by atoms with Crippen molar-refractivity contribution in [3.8, 4) is 0 Å². The molecule has 4 rings (SSSR count). The smallest absolute Gasteiger partial charge is 0.226 e. The summed E-state index contributed by atoms with van der Waals surface area (Å²) in [5.41, 5.74) is 1.34. The second-order valence-corrected chi connectivity index (χ2v) is 6.28. The van der Waals surface area contributed by atoms with E-state index in [0.29, 0.717) is 23.7 Å². The van der Waals surface area contributed by atoms with E-state index < -0.39 is 0 Å². The quantitative estimate of drug-likeness (QED) is 0.869. The number of hydrogen-bond acceptors (Lipinski definition) is 2. The van der Waals surface area contributed by atoms with Gasteiger partial charge in [-0.2, -0.15) is 0 Å². The van der Waals surface area contributed by atoms with Crippen molar-refractivity contribution in [3.05, 3.63) is 35.9 Å². The summed E-state index contributed by atoms with van der Waals surface area (Å²) in [4.78, 5) is 14.7. The van der Waals surface area contributed by atoms with Crippen molar-refractivity contribution in [1.82, 2.24) is 10.2 Å². The molecule has 1 aliphatic carbocycles. The molecule has 3 nitrogen and oxygen atoms in total. The Morgan fingerprint density at radius 3 is 2.47 bits per heavy atom. The van der Waals surface area contributed by atoms with Crippen LogP contribution in [0.25, 0.3) is 0 Å². The fourth-order valence-corrected chi connectivity index (χ4v) is 3.81. The van der Waals surface area contributed by atoms with Crippen LogP contribution in [0.4, 0.5) is 0 Å². The number of likely N-dealkylation sites (tertiary alicyclic amines) is 1. The Kier molecular flexibility index (Phi) is 2.62. The molecule has 1 amide bonds. The first-order chi connectivity index (χ1) is 9.33. The van der Waals surface area contributed by atoms with Crippen LogP contribution in [0.5, 0.6) is 0 Å². The van der Waals surface area contributed by atoms with Gasteiger partial charge in [0.1, 0.15) is 0 Å². The Balaban J connectivity index is 1.41. The molecule has 0 aromatic heterocycles. The minimum absolute atomic E-state index is 0.259. The first-order valence-corrected chi connectivity index (χ1v) is 7.37. The van der Waals surface area contributed by atoms with Crippen LogP contribution < -0.4 is 5.32 Å². The zero-order valence-electron chi connectivity index (χ0n) is 11.1. The average Bonchev–Trinajstić information content (AvgIpc) is 2.95. The molecule has 3 heteroatoms. The molecule has 3 aliphatic rings. The van der Waals surface area contributed by atoms with Crippen molar-refractivity contribution in [2.75, 3.05) is 26.2 Å². The van der Waals surface area contributed by atoms with E-state index in [2.05, 4.69) is 34.5 Å². The van der Waals surface area contributed by atoms with Gasteiger partial charge in [-0.3, -0.25) is 4.79 Å². The molecule has 4 atom stereocenters. The van der Waals surface area contributed by atoms with Crippen LogP contribution in [-0.2, 0) is 4.79 Å². The summed E-state index contributed by atoms with van der Waals surface area (Å²) in [5, 5.41) is 3.43. The molecule has 0 radical (unpaired) electrons. The molecule has 19 heavy (non-hydrogen) atoms. The monoisotopic (exact) mass is 256 g/mol. The minimum Gasteiger partial charge on any atom is -0.342 e. The highest BCUT2D eigenvalue weighted by Crippen LogP contribution is 2.49. The van der Waals surface area contributed by atoms with Crippen molar-refractivity contribution in [2.45, 2.75) is 12.3 Å². The van der Waals surface area contributed by atoms with Gasteiger partial charge in [0, 0.05) is 32.1 Å². The molecule has 2 heterocycles. The molecule has 1 aromatic carbocycles. The lowest BCUT2D eigenvalue weighted by Crippen LogP contribution is -2.33. The number of carbonyl (C=O) groups is 1. The Labute approximate surface area is 114 Å². The lowest BCUT2D eigenvalue weighted by atomic mass is 10.0. The number of hydrogen-bond donors (Lipinski definition) is 1. The topological polar surface area (TPSA) is 32.3 Å². The number of fused-ring (bicyclic) bond motifs is 1. The fourth-order valence-electron chi connectivity index (χ4n) is 3.81. The summed E-state index contributed by atoms with van der Waals surface area (Å²) in [6.45, 7) is 4.16. The molecule has 4 unspecified atom stereocenters. The third kappa shape index (κ3) is 1.96. The number of amides is 1. The van der Waals surface area contributed by atoms with Gasteiger partial charge in [0.15, 0.2) is 0 Å². The van der Waals surface area contributed by atoms with Crippen molar-refractivity contribution in [3.63, 3.8) is 0 Å². The zero-order valence-corrected chi connectivity index (χ0v) is 11.1. The van der Waals surface area contributed by atoms with Crippen LogP contribution in [0.2, 0.25) is 0 Å². The number of rotatable bonds is 2. The van der Waals surface area contributed by atoms with Gasteiger partial charge in [-0.15, -0.1) is 0 Å². The summed E-state index contributed by atoms with van der Waals surface area (Å²) in [6.07, 6.45) is 1.05. The average molecular weight is 256 g/mol. The van der Waals surface area contributed by atoms with Crippen molar-refractivity contribution < 1.29 is 4.79 Å². The second-order valence-electron chi connectivity index (χ2n) is 6.28. The van der Waals surface area contributed by atoms with Crippen molar-refractivity contribution in [2.24, 2.45) is 17.8 Å². The molecule has 3 fully saturated rings. The number of benzene rings is 1. The fraction of sp³-hybridized carbons (Fsp3) is 0.562. The molecule has 2 aliphatic heterocycles. The minimum atomic E-state index is 0.259. The van der Waals surface area contributed by atoms with Crippen LogP contribution in [0, 0.1) is 17.8 Å². The highest BCUT2D eigenvalue weighted by Gasteiger charge is 2.48. The molecular formula is C16H20N2O. The highest BCUT2D eigenvalue weighted by atomic mass is 16.2. The maximum Gasteiger partial charge on any atom is 0.226 e. The van der Waals surface area contributed by atoms with Gasteiger partial charge in [0.25, 0.3) is 0 Å². The Morgan fingerprint density at radius 2 is 1.79 bits per heavy atom. The van der Waals surface area contributed by atoms with Crippen LogP contribution in [-0.4, -0.2) is 37.0 Å². The Bertz CT molecular complexity index is 475. The summed E-state index contributed by atoms with van der Waals surface area (Å²) >= 11 is 0. The largest absolute Gasteiger partial charge is 0.342 e. The van der Waals surface area contributed by atoms with Gasteiger partial charge in [0.2, 0.25) is 5.91 Å². The van der Waals surface area contributed by atoms with E-state index in [4.69, 9.17) is 0 Å². The summed E-state index contributed by atoms with van der Waals surface area (Å²) in [7, 11) is 0. The van der Waals surface area contributed by atoms with Gasteiger partial charge >= 0.3 is 0 Å². The normalized spacial score (nSPS) is 36.3. The van der Waals surface area contributed by atoms with Crippen LogP contribution in [0.15, 0.2) is 30.3 Å².